The van der Waals surface area contributed by atoms with E-state index in [-0.39, 0.29) is 24.4 Å². The smallest absolute Gasteiger partial charge is 0.410 e. The highest BCUT2D eigenvalue weighted by Crippen LogP contribution is 2.26. The van der Waals surface area contributed by atoms with E-state index < -0.39 is 12.2 Å². The lowest BCUT2D eigenvalue weighted by Crippen LogP contribution is -2.54. The first kappa shape index (κ1) is 30.5. The molecule has 2 aromatic carbocycles. The Bertz CT molecular complexity index is 1740. The molecule has 244 valence electrons. The number of carbonyl (C=O) groups excluding carboxylic acids is 3. The molecule has 4 aromatic rings. The number of aryl methyl sites for hydroxylation is 1. The van der Waals surface area contributed by atoms with Gasteiger partial charge in [-0.05, 0) is 67.1 Å². The van der Waals surface area contributed by atoms with Crippen LogP contribution in [0.15, 0.2) is 67.1 Å². The molecule has 3 aliphatic heterocycles. The van der Waals surface area contributed by atoms with Gasteiger partial charge in [-0.3, -0.25) is 14.9 Å². The van der Waals surface area contributed by atoms with Gasteiger partial charge in [-0.1, -0.05) is 24.3 Å². The Kier molecular flexibility index (Phi) is 8.64. The monoisotopic (exact) mass is 636 g/mol. The predicted octanol–water partition coefficient (Wildman–Crippen LogP) is 4.22. The molecule has 7 rings (SSSR count). The summed E-state index contributed by atoms with van der Waals surface area (Å²) in [5.41, 5.74) is 5.93. The maximum atomic E-state index is 14.0. The van der Waals surface area contributed by atoms with Crippen LogP contribution >= 0.6 is 0 Å². The summed E-state index contributed by atoms with van der Waals surface area (Å²) in [6, 6.07) is 15.8. The van der Waals surface area contributed by atoms with E-state index in [9.17, 15) is 14.4 Å². The minimum absolute atomic E-state index is 0.0205. The highest BCUT2D eigenvalue weighted by Gasteiger charge is 2.35. The Morgan fingerprint density at radius 2 is 1.72 bits per heavy atom. The Morgan fingerprint density at radius 1 is 0.957 bits per heavy atom. The lowest BCUT2D eigenvalue weighted by molar-refractivity contribution is -0.141. The number of piperidine rings is 1. The molecule has 0 bridgehead atoms. The molecule has 3 aliphatic rings. The van der Waals surface area contributed by atoms with Crippen molar-refractivity contribution in [2.24, 2.45) is 0 Å². The minimum atomic E-state index is -0.966. The van der Waals surface area contributed by atoms with Crippen LogP contribution < -0.4 is 10.2 Å². The van der Waals surface area contributed by atoms with Crippen LogP contribution in [0.4, 0.5) is 21.0 Å². The van der Waals surface area contributed by atoms with Crippen molar-refractivity contribution in [2.75, 3.05) is 56.0 Å². The van der Waals surface area contributed by atoms with Gasteiger partial charge in [0.2, 0.25) is 0 Å². The summed E-state index contributed by atoms with van der Waals surface area (Å²) in [5.74, 6) is -0.187. The number of nitrogens with zero attached hydrogens (tertiary/aromatic N) is 6. The van der Waals surface area contributed by atoms with Gasteiger partial charge < -0.3 is 29.7 Å². The number of hydrogen-bond donors (Lipinski definition) is 2. The molecule has 47 heavy (non-hydrogen) atoms. The molecule has 0 saturated carbocycles. The molecule has 1 atom stereocenters. The number of para-hydroxylation sites is 1. The van der Waals surface area contributed by atoms with E-state index >= 15 is 0 Å². The number of nitrogens with one attached hydrogen (secondary N) is 2. The summed E-state index contributed by atoms with van der Waals surface area (Å²) in [5, 5.41) is 11.2. The van der Waals surface area contributed by atoms with Crippen LogP contribution in [-0.2, 0) is 22.4 Å². The van der Waals surface area contributed by atoms with Crippen LogP contribution in [0.25, 0.3) is 10.9 Å². The zero-order chi connectivity index (χ0) is 32.3. The molecule has 12 heteroatoms. The normalized spacial score (nSPS) is 18.0. The lowest BCUT2D eigenvalue weighted by atomic mass is 10.0. The van der Waals surface area contributed by atoms with Crippen LogP contribution in [0.2, 0.25) is 0 Å². The minimum Gasteiger partial charge on any atom is -0.436 e. The van der Waals surface area contributed by atoms with Gasteiger partial charge in [0.1, 0.15) is 0 Å². The van der Waals surface area contributed by atoms with Crippen molar-refractivity contribution in [1.29, 1.82) is 0 Å². The first-order chi connectivity index (χ1) is 22.9. The molecule has 0 radical (unpaired) electrons. The van der Waals surface area contributed by atoms with Gasteiger partial charge in [0, 0.05) is 87.4 Å². The molecule has 5 heterocycles. The molecular weight excluding hydrogens is 596 g/mol. The molecule has 0 aliphatic carbocycles. The number of aromatic nitrogens is 3. The van der Waals surface area contributed by atoms with Crippen LogP contribution in [-0.4, -0.2) is 106 Å². The van der Waals surface area contributed by atoms with Gasteiger partial charge in [-0.15, -0.1) is 0 Å². The lowest BCUT2D eigenvalue weighted by Gasteiger charge is -2.39. The second-order valence-corrected chi connectivity index (χ2v) is 12.6. The Morgan fingerprint density at radius 3 is 2.51 bits per heavy atom. The van der Waals surface area contributed by atoms with Crippen LogP contribution in [0.5, 0.6) is 0 Å². The van der Waals surface area contributed by atoms with Crippen LogP contribution in [0, 0.1) is 6.92 Å². The molecule has 12 nitrogen and oxygen atoms in total. The number of likely N-dealkylation sites (tertiary alicyclic amines) is 1. The Labute approximate surface area is 273 Å². The standard InChI is InChI=1S/C35H40N8O4/c1-24-20-25(21-27-23-37-39-32(24)27)22-31(33(44)41-18-16-40(17-19-41)28-6-11-36-12-7-28)47-35(46)42-13-9-29(10-14-42)43-15-8-26-4-2-3-5-30(26)38-34(43)45/h2-7,11-12,20-21,23,29,31H,8-10,13-19,22H2,1H3,(H,37,39)(H,38,45)/t31-/m1/s1. The number of carbonyl (C=O) groups is 3. The van der Waals surface area contributed by atoms with Crippen molar-refractivity contribution < 1.29 is 19.1 Å². The number of anilines is 2. The maximum absolute atomic E-state index is 14.0. The number of H-pyrrole nitrogens is 1. The Balaban J connectivity index is 1.01. The first-order valence-electron chi connectivity index (χ1n) is 16.4. The van der Waals surface area contributed by atoms with E-state index in [1.165, 1.54) is 0 Å². The second-order valence-electron chi connectivity index (χ2n) is 12.6. The Hall–Kier alpha value is -5.13. The number of fused-ring (bicyclic) bond motifs is 2. The zero-order valence-corrected chi connectivity index (χ0v) is 26.6. The van der Waals surface area contributed by atoms with E-state index in [2.05, 4.69) is 25.4 Å². The third-order valence-electron chi connectivity index (χ3n) is 9.67. The highest BCUT2D eigenvalue weighted by atomic mass is 16.6. The van der Waals surface area contributed by atoms with Crippen molar-refractivity contribution in [1.82, 2.24) is 29.9 Å². The largest absolute Gasteiger partial charge is 0.436 e. The second kappa shape index (κ2) is 13.3. The van der Waals surface area contributed by atoms with Gasteiger partial charge in [0.25, 0.3) is 5.91 Å². The van der Waals surface area contributed by atoms with Crippen LogP contribution in [0.3, 0.4) is 0 Å². The van der Waals surface area contributed by atoms with Gasteiger partial charge >= 0.3 is 12.1 Å². The predicted molar refractivity (Wildman–Crippen MR) is 178 cm³/mol. The van der Waals surface area contributed by atoms with Gasteiger partial charge in [0.15, 0.2) is 6.10 Å². The number of pyridine rings is 1. The molecular formula is C35H40N8O4. The van der Waals surface area contributed by atoms with Crippen LogP contribution in [0.1, 0.15) is 29.5 Å². The number of amides is 4. The van der Waals surface area contributed by atoms with Gasteiger partial charge in [-0.25, -0.2) is 9.59 Å². The van der Waals surface area contributed by atoms with E-state index in [4.69, 9.17) is 4.74 Å². The van der Waals surface area contributed by atoms with Crippen molar-refractivity contribution in [2.45, 2.75) is 44.8 Å². The summed E-state index contributed by atoms with van der Waals surface area (Å²) >= 11 is 0. The molecule has 0 spiro atoms. The molecule has 2 saturated heterocycles. The maximum Gasteiger partial charge on any atom is 0.410 e. The highest BCUT2D eigenvalue weighted by molar-refractivity contribution is 5.91. The third-order valence-corrected chi connectivity index (χ3v) is 9.67. The molecule has 2 fully saturated rings. The fraction of sp³-hybridized carbons (Fsp3) is 0.400. The number of benzene rings is 2. The quantitative estimate of drug-likeness (QED) is 0.325. The number of aromatic amines is 1. The summed E-state index contributed by atoms with van der Waals surface area (Å²) in [7, 11) is 0. The summed E-state index contributed by atoms with van der Waals surface area (Å²) < 4.78 is 6.08. The van der Waals surface area contributed by atoms with E-state index in [1.807, 2.05) is 60.4 Å². The van der Waals surface area contributed by atoms with E-state index in [0.29, 0.717) is 58.7 Å². The zero-order valence-electron chi connectivity index (χ0n) is 26.6. The fourth-order valence-corrected chi connectivity index (χ4v) is 7.06. The van der Waals surface area contributed by atoms with Crippen molar-refractivity contribution in [3.8, 4) is 0 Å². The average molecular weight is 637 g/mol. The first-order valence-corrected chi connectivity index (χ1v) is 16.4. The summed E-state index contributed by atoms with van der Waals surface area (Å²) in [4.78, 5) is 52.4. The van der Waals surface area contributed by atoms with Crippen molar-refractivity contribution in [3.63, 3.8) is 0 Å². The summed E-state index contributed by atoms with van der Waals surface area (Å²) in [6.07, 6.45) is 6.18. The number of ether oxygens (including phenoxy) is 1. The number of hydrogen-bond acceptors (Lipinski definition) is 7. The SMILES string of the molecule is Cc1cc(C[C@@H](OC(=O)N2CCC(N3CCc4ccccc4NC3=O)CC2)C(=O)N2CCN(c3ccncc3)CC2)cc2cn[nH]c12. The van der Waals surface area contributed by atoms with Gasteiger partial charge in [-0.2, -0.15) is 5.10 Å². The molecule has 2 aromatic heterocycles. The molecule has 2 N–H and O–H groups in total. The summed E-state index contributed by atoms with van der Waals surface area (Å²) in [6.45, 7) is 5.95. The van der Waals surface area contributed by atoms with E-state index in [0.717, 1.165) is 45.4 Å². The van der Waals surface area contributed by atoms with Crippen molar-refractivity contribution in [3.05, 3.63) is 83.8 Å². The third kappa shape index (κ3) is 6.58. The van der Waals surface area contributed by atoms with E-state index in [1.54, 1.807) is 28.4 Å². The average Bonchev–Trinajstić information content (AvgIpc) is 3.52. The van der Waals surface area contributed by atoms with Gasteiger partial charge in [0.05, 0.1) is 11.7 Å². The molecule has 0 unspecified atom stereocenters. The van der Waals surface area contributed by atoms with Crippen molar-refractivity contribution >= 4 is 40.3 Å². The number of piperazine rings is 1. The number of urea groups is 1. The fourth-order valence-electron chi connectivity index (χ4n) is 7.06. The topological polar surface area (TPSA) is 127 Å². The molecule has 4 amide bonds. The number of rotatable bonds is 6.